The lowest BCUT2D eigenvalue weighted by atomic mass is 10.00. The number of rotatable bonds is 9. The normalized spacial score (nSPS) is 19.3. The fourth-order valence-electron chi connectivity index (χ4n) is 5.27. The molecule has 2 aliphatic rings. The first kappa shape index (κ1) is 26.6. The van der Waals surface area contributed by atoms with Crippen LogP contribution in [0, 0.1) is 18.8 Å². The highest BCUT2D eigenvalue weighted by atomic mass is 16.6. The Balaban J connectivity index is 1.39. The second-order valence-corrected chi connectivity index (χ2v) is 10.9. The monoisotopic (exact) mass is 522 g/mol. The summed E-state index contributed by atoms with van der Waals surface area (Å²) in [4.78, 5) is 32.7. The number of pyridine rings is 1. The second-order valence-electron chi connectivity index (χ2n) is 10.9. The quantitative estimate of drug-likeness (QED) is 0.414. The number of nitrogens with one attached hydrogen (secondary N) is 2. The van der Waals surface area contributed by atoms with Gasteiger partial charge in [0.2, 0.25) is 0 Å². The van der Waals surface area contributed by atoms with Crippen molar-refractivity contribution in [3.05, 3.63) is 51.9 Å². The molecule has 4 heterocycles. The van der Waals surface area contributed by atoms with Gasteiger partial charge in [-0.2, -0.15) is 0 Å². The van der Waals surface area contributed by atoms with Crippen molar-refractivity contribution in [2.75, 3.05) is 26.4 Å². The molecular weight excluding hydrogens is 484 g/mol. The van der Waals surface area contributed by atoms with E-state index in [-0.39, 0.29) is 23.6 Å². The molecular formula is C29H38N4O5. The van der Waals surface area contributed by atoms with Crippen LogP contribution in [0.5, 0.6) is 0 Å². The van der Waals surface area contributed by atoms with E-state index in [1.165, 1.54) is 0 Å². The van der Waals surface area contributed by atoms with Gasteiger partial charge >= 0.3 is 5.97 Å². The highest BCUT2D eigenvalue weighted by molar-refractivity contribution is 5.81. The summed E-state index contributed by atoms with van der Waals surface area (Å²) < 4.78 is 18.9. The topological polar surface area (TPSA) is 107 Å². The van der Waals surface area contributed by atoms with Crippen LogP contribution in [0.4, 0.5) is 0 Å². The zero-order valence-electron chi connectivity index (χ0n) is 22.5. The van der Waals surface area contributed by atoms with E-state index in [9.17, 15) is 9.59 Å². The molecule has 38 heavy (non-hydrogen) atoms. The lowest BCUT2D eigenvalue weighted by molar-refractivity contribution is -0.152. The van der Waals surface area contributed by atoms with Gasteiger partial charge in [0.1, 0.15) is 18.0 Å². The Kier molecular flexibility index (Phi) is 8.26. The number of ether oxygens (including phenoxy) is 3. The van der Waals surface area contributed by atoms with Crippen LogP contribution in [0.3, 0.4) is 0 Å². The minimum Gasteiger partial charge on any atom is -0.459 e. The number of imidazole rings is 1. The summed E-state index contributed by atoms with van der Waals surface area (Å²) in [5.41, 5.74) is 4.45. The van der Waals surface area contributed by atoms with Crippen LogP contribution < -0.4 is 10.9 Å². The van der Waals surface area contributed by atoms with Crippen LogP contribution in [-0.4, -0.2) is 59.1 Å². The number of aromatic amines is 1. The number of aryl methyl sites for hydroxylation is 1. The number of aromatic nitrogens is 3. The van der Waals surface area contributed by atoms with Gasteiger partial charge in [0, 0.05) is 50.0 Å². The second kappa shape index (κ2) is 11.8. The van der Waals surface area contributed by atoms with Gasteiger partial charge in [0.15, 0.2) is 0 Å². The van der Waals surface area contributed by atoms with Gasteiger partial charge in [-0.05, 0) is 55.4 Å². The minimum atomic E-state index is -0.406. The van der Waals surface area contributed by atoms with Crippen molar-refractivity contribution in [2.45, 2.75) is 65.3 Å². The first-order valence-electron chi connectivity index (χ1n) is 13.7. The van der Waals surface area contributed by atoms with Crippen molar-refractivity contribution < 1.29 is 19.0 Å². The van der Waals surface area contributed by atoms with Crippen LogP contribution >= 0.6 is 0 Å². The van der Waals surface area contributed by atoms with Gasteiger partial charge in [0.05, 0.1) is 24.2 Å². The van der Waals surface area contributed by atoms with Gasteiger partial charge in [-0.25, -0.2) is 4.98 Å². The van der Waals surface area contributed by atoms with Gasteiger partial charge in [-0.15, -0.1) is 0 Å². The summed E-state index contributed by atoms with van der Waals surface area (Å²) in [5.74, 6) is 1.21. The van der Waals surface area contributed by atoms with E-state index in [1.807, 2.05) is 26.8 Å². The first-order chi connectivity index (χ1) is 18.4. The zero-order valence-corrected chi connectivity index (χ0v) is 22.5. The summed E-state index contributed by atoms with van der Waals surface area (Å²) in [6, 6.07) is 7.78. The van der Waals surface area contributed by atoms with Crippen molar-refractivity contribution in [2.24, 2.45) is 11.8 Å². The lowest BCUT2D eigenvalue weighted by Crippen LogP contribution is -2.43. The van der Waals surface area contributed by atoms with E-state index in [0.717, 1.165) is 67.0 Å². The molecule has 2 N–H and O–H groups in total. The molecule has 0 bridgehead atoms. The molecule has 2 aliphatic heterocycles. The fourth-order valence-corrected chi connectivity index (χ4v) is 5.27. The third-order valence-electron chi connectivity index (χ3n) is 7.56. The van der Waals surface area contributed by atoms with Crippen LogP contribution in [0.15, 0.2) is 35.3 Å². The van der Waals surface area contributed by atoms with Crippen LogP contribution in [0.2, 0.25) is 0 Å². The van der Waals surface area contributed by atoms with Crippen molar-refractivity contribution in [3.8, 4) is 11.4 Å². The van der Waals surface area contributed by atoms with Gasteiger partial charge < -0.3 is 29.1 Å². The lowest BCUT2D eigenvalue weighted by Gasteiger charge is -2.23. The van der Waals surface area contributed by atoms with E-state index in [1.54, 1.807) is 6.20 Å². The van der Waals surface area contributed by atoms with Crippen molar-refractivity contribution in [1.82, 2.24) is 19.9 Å². The number of H-pyrrole nitrogens is 1. The predicted octanol–water partition coefficient (Wildman–Crippen LogP) is 3.57. The Morgan fingerprint density at radius 2 is 1.97 bits per heavy atom. The maximum Gasteiger partial charge on any atom is 0.323 e. The molecule has 9 nitrogen and oxygen atoms in total. The average molecular weight is 523 g/mol. The standard InChI is InChI=1S/C29H38N4O5/c1-18(2)26(29(35)38-23-8-11-37-17-23)30-14-21-4-5-25-24(13-21)32-27(22-12-19(3)28(34)31-15-22)33(25)16-20-6-9-36-10-7-20/h4-5,12-13,15,18,20,23,26,30H,6-11,14,16-17H2,1-3H3,(H,31,34). The maximum atomic E-state index is 12.8. The number of hydrogen-bond donors (Lipinski definition) is 2. The minimum absolute atomic E-state index is 0.0855. The number of benzene rings is 1. The molecule has 0 saturated carbocycles. The molecule has 2 saturated heterocycles. The highest BCUT2D eigenvalue weighted by Gasteiger charge is 2.28. The third kappa shape index (κ3) is 6.00. The Morgan fingerprint density at radius 1 is 1.18 bits per heavy atom. The summed E-state index contributed by atoms with van der Waals surface area (Å²) in [6.07, 6.45) is 4.38. The number of carbonyl (C=O) groups is 1. The molecule has 204 valence electrons. The summed E-state index contributed by atoms with van der Waals surface area (Å²) in [5, 5.41) is 3.40. The zero-order chi connectivity index (χ0) is 26.6. The maximum absolute atomic E-state index is 12.8. The number of hydrogen-bond acceptors (Lipinski definition) is 7. The number of nitrogens with zero attached hydrogens (tertiary/aromatic N) is 2. The molecule has 1 aromatic carbocycles. The summed E-state index contributed by atoms with van der Waals surface area (Å²) in [6.45, 7) is 9.90. The average Bonchev–Trinajstić information content (AvgIpc) is 3.54. The van der Waals surface area contributed by atoms with Crippen LogP contribution in [0.25, 0.3) is 22.4 Å². The summed E-state index contributed by atoms with van der Waals surface area (Å²) in [7, 11) is 0. The number of fused-ring (bicyclic) bond motifs is 1. The van der Waals surface area contributed by atoms with E-state index in [4.69, 9.17) is 19.2 Å². The molecule has 2 unspecified atom stereocenters. The predicted molar refractivity (Wildman–Crippen MR) is 145 cm³/mol. The molecule has 0 spiro atoms. The van der Waals surface area contributed by atoms with Gasteiger partial charge in [-0.1, -0.05) is 19.9 Å². The van der Waals surface area contributed by atoms with Crippen molar-refractivity contribution in [3.63, 3.8) is 0 Å². The largest absolute Gasteiger partial charge is 0.459 e. The number of carbonyl (C=O) groups excluding carboxylic acids is 1. The highest BCUT2D eigenvalue weighted by Crippen LogP contribution is 2.29. The van der Waals surface area contributed by atoms with Crippen molar-refractivity contribution >= 4 is 17.0 Å². The van der Waals surface area contributed by atoms with Crippen molar-refractivity contribution in [1.29, 1.82) is 0 Å². The molecule has 2 atom stereocenters. The van der Waals surface area contributed by atoms with E-state index in [0.29, 0.717) is 31.2 Å². The Morgan fingerprint density at radius 3 is 2.68 bits per heavy atom. The molecule has 3 aromatic rings. The molecule has 2 aromatic heterocycles. The van der Waals surface area contributed by atoms with Gasteiger partial charge in [-0.3, -0.25) is 9.59 Å². The van der Waals surface area contributed by atoms with Gasteiger partial charge in [0.25, 0.3) is 5.56 Å². The fraction of sp³-hybridized carbons (Fsp3) is 0.552. The molecule has 0 aliphatic carbocycles. The first-order valence-corrected chi connectivity index (χ1v) is 13.7. The smallest absolute Gasteiger partial charge is 0.323 e. The van der Waals surface area contributed by atoms with Crippen LogP contribution in [-0.2, 0) is 32.1 Å². The van der Waals surface area contributed by atoms with Crippen LogP contribution in [0.1, 0.15) is 44.2 Å². The molecule has 9 heteroatoms. The van der Waals surface area contributed by atoms with E-state index < -0.39 is 6.04 Å². The molecule has 5 rings (SSSR count). The molecule has 0 radical (unpaired) electrons. The Bertz CT molecular complexity index is 1320. The Labute approximate surface area is 222 Å². The molecule has 0 amide bonds. The Hall–Kier alpha value is -3.01. The van der Waals surface area contributed by atoms with E-state index >= 15 is 0 Å². The SMILES string of the molecule is Cc1cc(-c2nc3cc(CNC(C(=O)OC4CCOC4)C(C)C)ccc3n2CC2CCOCC2)c[nH]c1=O. The summed E-state index contributed by atoms with van der Waals surface area (Å²) >= 11 is 0. The molecule has 2 fully saturated rings. The number of esters is 1. The third-order valence-corrected chi connectivity index (χ3v) is 7.56. The van der Waals surface area contributed by atoms with E-state index in [2.05, 4.69) is 33.1 Å².